The van der Waals surface area contributed by atoms with Gasteiger partial charge in [-0.25, -0.2) is 0 Å². The summed E-state index contributed by atoms with van der Waals surface area (Å²) in [6.45, 7) is 10.9. The van der Waals surface area contributed by atoms with Gasteiger partial charge in [0.05, 0.1) is 12.0 Å². The summed E-state index contributed by atoms with van der Waals surface area (Å²) in [5, 5.41) is 8.69. The molecule has 0 fully saturated rings. The maximum Gasteiger partial charge on any atom is 0.222 e. The average molecular weight is 224 g/mol. The van der Waals surface area contributed by atoms with Crippen LogP contribution in [0.1, 0.15) is 41.0 Å². The predicted octanol–water partition coefficient (Wildman–Crippen LogP) is 2.68. The number of carbonyl (C=O) groups is 1. The van der Waals surface area contributed by atoms with E-state index in [0.29, 0.717) is 18.9 Å². The first-order valence-corrected chi connectivity index (χ1v) is 5.82. The van der Waals surface area contributed by atoms with Crippen LogP contribution in [0.2, 0.25) is 0 Å². The zero-order valence-electron chi connectivity index (χ0n) is 11.4. The number of rotatable bonds is 4. The Bertz CT molecular complexity index is 273. The Labute approximate surface area is 99.4 Å². The van der Waals surface area contributed by atoms with Gasteiger partial charge < -0.3 is 4.90 Å². The number of nitriles is 1. The van der Waals surface area contributed by atoms with Crippen molar-refractivity contribution >= 4 is 5.91 Å². The smallest absolute Gasteiger partial charge is 0.222 e. The zero-order chi connectivity index (χ0) is 12.9. The molecule has 0 rings (SSSR count). The zero-order valence-corrected chi connectivity index (χ0v) is 11.4. The Kier molecular flexibility index (Phi) is 5.50. The molecule has 3 heteroatoms. The maximum atomic E-state index is 11.9. The van der Waals surface area contributed by atoms with E-state index in [1.165, 1.54) is 0 Å². The molecule has 16 heavy (non-hydrogen) atoms. The summed E-state index contributed by atoms with van der Waals surface area (Å²) in [5.74, 6) is 0.378. The van der Waals surface area contributed by atoms with E-state index < -0.39 is 0 Å². The van der Waals surface area contributed by atoms with E-state index in [1.807, 2.05) is 6.92 Å². The van der Waals surface area contributed by atoms with Crippen LogP contribution in [0.4, 0.5) is 0 Å². The van der Waals surface area contributed by atoms with Gasteiger partial charge in [-0.05, 0) is 18.3 Å². The van der Waals surface area contributed by atoms with Crippen molar-refractivity contribution in [2.24, 2.45) is 17.3 Å². The fourth-order valence-electron chi connectivity index (χ4n) is 1.28. The number of hydrogen-bond acceptors (Lipinski definition) is 2. The van der Waals surface area contributed by atoms with E-state index in [0.717, 1.165) is 0 Å². The lowest BCUT2D eigenvalue weighted by molar-refractivity contribution is -0.131. The van der Waals surface area contributed by atoms with Gasteiger partial charge in [0.1, 0.15) is 0 Å². The molecule has 0 bridgehead atoms. The number of hydrogen-bond donors (Lipinski definition) is 0. The second-order valence-electron chi connectivity index (χ2n) is 5.78. The van der Waals surface area contributed by atoms with Gasteiger partial charge in [0, 0.05) is 20.0 Å². The molecule has 2 atom stereocenters. The minimum atomic E-state index is -0.0982. The van der Waals surface area contributed by atoms with Gasteiger partial charge in [0.2, 0.25) is 5.91 Å². The highest BCUT2D eigenvalue weighted by atomic mass is 16.2. The molecule has 0 radical (unpaired) electrons. The van der Waals surface area contributed by atoms with Crippen LogP contribution < -0.4 is 0 Å². The van der Waals surface area contributed by atoms with E-state index in [9.17, 15) is 4.79 Å². The Morgan fingerprint density at radius 2 is 1.88 bits per heavy atom. The summed E-state index contributed by atoms with van der Waals surface area (Å²) in [7, 11) is 1.77. The largest absolute Gasteiger partial charge is 0.344 e. The molecule has 0 aromatic rings. The topological polar surface area (TPSA) is 44.1 Å². The molecule has 0 heterocycles. The molecule has 0 aromatic heterocycles. The fourth-order valence-corrected chi connectivity index (χ4v) is 1.28. The van der Waals surface area contributed by atoms with Crippen molar-refractivity contribution in [2.45, 2.75) is 41.0 Å². The van der Waals surface area contributed by atoms with E-state index in [-0.39, 0.29) is 17.2 Å². The van der Waals surface area contributed by atoms with Crippen molar-refractivity contribution in [3.05, 3.63) is 0 Å². The molecule has 2 unspecified atom stereocenters. The highest BCUT2D eigenvalue weighted by Crippen LogP contribution is 2.28. The van der Waals surface area contributed by atoms with Crippen LogP contribution >= 0.6 is 0 Å². The number of amides is 1. The third-order valence-corrected chi connectivity index (χ3v) is 3.15. The van der Waals surface area contributed by atoms with Gasteiger partial charge in [-0.3, -0.25) is 4.79 Å². The lowest BCUT2D eigenvalue weighted by Gasteiger charge is -2.28. The van der Waals surface area contributed by atoms with Gasteiger partial charge in [0.15, 0.2) is 0 Å². The van der Waals surface area contributed by atoms with Crippen LogP contribution in [0.25, 0.3) is 0 Å². The molecule has 92 valence electrons. The molecule has 0 saturated carbocycles. The molecular formula is C13H24N2O. The first-order chi connectivity index (χ1) is 7.18. The summed E-state index contributed by atoms with van der Waals surface area (Å²) < 4.78 is 0. The molecule has 3 nitrogen and oxygen atoms in total. The monoisotopic (exact) mass is 224 g/mol. The van der Waals surface area contributed by atoms with Crippen molar-refractivity contribution in [3.63, 3.8) is 0 Å². The Balaban J connectivity index is 4.22. The van der Waals surface area contributed by atoms with E-state index in [4.69, 9.17) is 5.26 Å². The number of nitrogens with zero attached hydrogens (tertiary/aromatic N) is 2. The predicted molar refractivity (Wildman–Crippen MR) is 65.7 cm³/mol. The quantitative estimate of drug-likeness (QED) is 0.737. The molecule has 0 spiro atoms. The molecule has 0 aromatic carbocycles. The van der Waals surface area contributed by atoms with E-state index >= 15 is 0 Å². The highest BCUT2D eigenvalue weighted by molar-refractivity contribution is 5.76. The summed E-state index contributed by atoms with van der Waals surface area (Å²) in [6.07, 6.45) is 0.554. The molecule has 0 N–H and O–H groups in total. The Morgan fingerprint density at radius 3 is 2.25 bits per heavy atom. The van der Waals surface area contributed by atoms with Gasteiger partial charge in [0.25, 0.3) is 0 Å². The Hall–Kier alpha value is -1.04. The lowest BCUT2D eigenvalue weighted by atomic mass is 9.80. The van der Waals surface area contributed by atoms with Crippen LogP contribution in [-0.4, -0.2) is 24.4 Å². The molecule has 0 aliphatic heterocycles. The van der Waals surface area contributed by atoms with Gasteiger partial charge in [-0.2, -0.15) is 5.26 Å². The maximum absolute atomic E-state index is 11.9. The molecule has 0 saturated heterocycles. The first kappa shape index (κ1) is 15.0. The normalized spacial score (nSPS) is 15.1. The van der Waals surface area contributed by atoms with Crippen LogP contribution in [0.3, 0.4) is 0 Å². The molecular weight excluding hydrogens is 200 g/mol. The van der Waals surface area contributed by atoms with Crippen molar-refractivity contribution < 1.29 is 4.79 Å². The lowest BCUT2D eigenvalue weighted by Crippen LogP contribution is -2.33. The van der Waals surface area contributed by atoms with Crippen molar-refractivity contribution in [3.8, 4) is 6.07 Å². The second-order valence-corrected chi connectivity index (χ2v) is 5.78. The van der Waals surface area contributed by atoms with Gasteiger partial charge >= 0.3 is 0 Å². The van der Waals surface area contributed by atoms with Crippen molar-refractivity contribution in [1.82, 2.24) is 4.90 Å². The second kappa shape index (κ2) is 5.89. The minimum Gasteiger partial charge on any atom is -0.344 e. The van der Waals surface area contributed by atoms with E-state index in [2.05, 4.69) is 33.8 Å². The third-order valence-electron chi connectivity index (χ3n) is 3.15. The SMILES string of the molecule is CC(C#N)CN(C)C(=O)CC(C)C(C)(C)C. The minimum absolute atomic E-state index is 0.0982. The van der Waals surface area contributed by atoms with E-state index in [1.54, 1.807) is 11.9 Å². The van der Waals surface area contributed by atoms with Crippen molar-refractivity contribution in [2.75, 3.05) is 13.6 Å². The molecule has 0 aliphatic carbocycles. The van der Waals surface area contributed by atoms with Gasteiger partial charge in [-0.1, -0.05) is 27.7 Å². The highest BCUT2D eigenvalue weighted by Gasteiger charge is 2.24. The first-order valence-electron chi connectivity index (χ1n) is 5.82. The summed E-state index contributed by atoms with van der Waals surface area (Å²) in [5.41, 5.74) is 0.150. The van der Waals surface area contributed by atoms with Crippen molar-refractivity contribution in [1.29, 1.82) is 5.26 Å². The summed E-state index contributed by atoms with van der Waals surface area (Å²) in [4.78, 5) is 13.5. The van der Waals surface area contributed by atoms with Gasteiger partial charge in [-0.15, -0.1) is 0 Å². The molecule has 1 amide bonds. The average Bonchev–Trinajstić information content (AvgIpc) is 2.15. The standard InChI is InChI=1S/C13H24N2O/c1-10(8-14)9-15(6)12(16)7-11(2)13(3,4)5/h10-11H,7,9H2,1-6H3. The summed E-state index contributed by atoms with van der Waals surface area (Å²) in [6, 6.07) is 2.14. The Morgan fingerprint density at radius 1 is 1.38 bits per heavy atom. The number of carbonyl (C=O) groups excluding carboxylic acids is 1. The van der Waals surface area contributed by atoms with Crippen LogP contribution in [0.15, 0.2) is 0 Å². The summed E-state index contributed by atoms with van der Waals surface area (Å²) >= 11 is 0. The van der Waals surface area contributed by atoms with Crippen LogP contribution in [-0.2, 0) is 4.79 Å². The fraction of sp³-hybridized carbons (Fsp3) is 0.846. The van der Waals surface area contributed by atoms with Crippen LogP contribution in [0.5, 0.6) is 0 Å². The van der Waals surface area contributed by atoms with Crippen LogP contribution in [0, 0.1) is 28.6 Å². The molecule has 0 aliphatic rings. The third kappa shape index (κ3) is 5.16.